The van der Waals surface area contributed by atoms with Gasteiger partial charge in [0.05, 0.1) is 6.61 Å². The lowest BCUT2D eigenvalue weighted by Gasteiger charge is -2.06. The number of phenolic OH excluding ortho intramolecular Hbond substituents is 2. The lowest BCUT2D eigenvalue weighted by molar-refractivity contribution is -0.120. The van der Waals surface area contributed by atoms with Gasteiger partial charge < -0.3 is 20.4 Å². The fraction of sp³-hybridized carbons (Fsp3) is 0.214. The molecule has 1 unspecified atom stereocenters. The standard InChI is InChI=1S/C14H16O5/c1-9(6-7-15)14(19)12(17)5-3-10-2-4-11(16)13(18)8-10/h2-6,8,14-16,18-19H,7H2,1H3/b5-3+,9-6?. The minimum absolute atomic E-state index is 0.244. The largest absolute Gasteiger partial charge is 0.504 e. The molecule has 19 heavy (non-hydrogen) atoms. The lowest BCUT2D eigenvalue weighted by atomic mass is 10.1. The molecule has 0 saturated heterocycles. The van der Waals surface area contributed by atoms with E-state index >= 15 is 0 Å². The normalized spacial score (nSPS) is 13.7. The monoisotopic (exact) mass is 264 g/mol. The molecule has 5 heteroatoms. The first-order valence-electron chi connectivity index (χ1n) is 5.65. The molecular formula is C14H16O5. The minimum Gasteiger partial charge on any atom is -0.504 e. The molecule has 102 valence electrons. The number of phenols is 2. The van der Waals surface area contributed by atoms with Gasteiger partial charge in [-0.25, -0.2) is 0 Å². The summed E-state index contributed by atoms with van der Waals surface area (Å²) in [7, 11) is 0. The van der Waals surface area contributed by atoms with Gasteiger partial charge in [-0.15, -0.1) is 0 Å². The highest BCUT2D eigenvalue weighted by atomic mass is 16.3. The third-order valence-corrected chi connectivity index (χ3v) is 2.55. The first-order valence-corrected chi connectivity index (χ1v) is 5.65. The Labute approximate surface area is 110 Å². The van der Waals surface area contributed by atoms with E-state index in [1.54, 1.807) is 6.92 Å². The van der Waals surface area contributed by atoms with Crippen molar-refractivity contribution in [1.82, 2.24) is 0 Å². The summed E-state index contributed by atoms with van der Waals surface area (Å²) in [4.78, 5) is 11.6. The Morgan fingerprint density at radius 3 is 2.58 bits per heavy atom. The molecule has 0 spiro atoms. The summed E-state index contributed by atoms with van der Waals surface area (Å²) < 4.78 is 0. The average molecular weight is 264 g/mol. The molecule has 0 saturated carbocycles. The Morgan fingerprint density at radius 1 is 1.32 bits per heavy atom. The van der Waals surface area contributed by atoms with Crippen molar-refractivity contribution in [3.8, 4) is 11.5 Å². The first kappa shape index (κ1) is 14.9. The molecule has 0 aliphatic heterocycles. The molecule has 1 rings (SSSR count). The molecule has 4 N–H and O–H groups in total. The summed E-state index contributed by atoms with van der Waals surface area (Å²) in [5.74, 6) is -1.06. The molecule has 0 aromatic heterocycles. The average Bonchev–Trinajstić information content (AvgIpc) is 2.39. The highest BCUT2D eigenvalue weighted by Crippen LogP contribution is 2.25. The number of carbonyl (C=O) groups is 1. The molecule has 0 heterocycles. The molecule has 0 fully saturated rings. The Bertz CT molecular complexity index is 517. The van der Waals surface area contributed by atoms with Crippen LogP contribution in [0.1, 0.15) is 12.5 Å². The van der Waals surface area contributed by atoms with Crippen LogP contribution in [0.4, 0.5) is 0 Å². The maximum atomic E-state index is 11.6. The quantitative estimate of drug-likeness (QED) is 0.361. The Hall–Kier alpha value is -2.11. The van der Waals surface area contributed by atoms with Gasteiger partial charge in [0.2, 0.25) is 0 Å². The van der Waals surface area contributed by atoms with Gasteiger partial charge in [0, 0.05) is 0 Å². The van der Waals surface area contributed by atoms with Crippen molar-refractivity contribution in [2.24, 2.45) is 0 Å². The molecule has 1 aromatic rings. The smallest absolute Gasteiger partial charge is 0.188 e. The van der Waals surface area contributed by atoms with E-state index in [0.717, 1.165) is 0 Å². The summed E-state index contributed by atoms with van der Waals surface area (Å²) >= 11 is 0. The van der Waals surface area contributed by atoms with Gasteiger partial charge in [0.15, 0.2) is 17.3 Å². The minimum atomic E-state index is -1.30. The zero-order valence-corrected chi connectivity index (χ0v) is 10.4. The predicted molar refractivity (Wildman–Crippen MR) is 70.7 cm³/mol. The summed E-state index contributed by atoms with van der Waals surface area (Å²) in [6.07, 6.45) is 2.64. The predicted octanol–water partition coefficient (Wildman–Crippen LogP) is 0.980. The third-order valence-electron chi connectivity index (χ3n) is 2.55. The number of ketones is 1. The van der Waals surface area contributed by atoms with Crippen molar-refractivity contribution in [1.29, 1.82) is 0 Å². The van der Waals surface area contributed by atoms with Crippen LogP contribution in [0.3, 0.4) is 0 Å². The van der Waals surface area contributed by atoms with Crippen molar-refractivity contribution in [3.63, 3.8) is 0 Å². The Morgan fingerprint density at radius 2 is 2.00 bits per heavy atom. The van der Waals surface area contributed by atoms with E-state index in [2.05, 4.69) is 0 Å². The highest BCUT2D eigenvalue weighted by Gasteiger charge is 2.13. The fourth-order valence-electron chi connectivity index (χ4n) is 1.39. The second kappa shape index (κ2) is 6.72. The van der Waals surface area contributed by atoms with E-state index < -0.39 is 11.9 Å². The van der Waals surface area contributed by atoms with E-state index in [1.807, 2.05) is 0 Å². The number of aliphatic hydroxyl groups excluding tert-OH is 2. The van der Waals surface area contributed by atoms with E-state index in [-0.39, 0.29) is 18.1 Å². The first-order chi connectivity index (χ1) is 8.95. The van der Waals surface area contributed by atoms with E-state index in [9.17, 15) is 15.0 Å². The number of hydrogen-bond acceptors (Lipinski definition) is 5. The van der Waals surface area contributed by atoms with Crippen LogP contribution in [0, 0.1) is 0 Å². The van der Waals surface area contributed by atoms with Gasteiger partial charge in [-0.1, -0.05) is 18.2 Å². The second-order valence-corrected chi connectivity index (χ2v) is 4.02. The maximum Gasteiger partial charge on any atom is 0.188 e. The summed E-state index contributed by atoms with van der Waals surface area (Å²) in [5.41, 5.74) is 0.880. The Kier molecular flexibility index (Phi) is 5.29. The van der Waals surface area contributed by atoms with Crippen LogP contribution in [0.2, 0.25) is 0 Å². The van der Waals surface area contributed by atoms with Crippen LogP contribution in [0.5, 0.6) is 11.5 Å². The number of hydrogen-bond donors (Lipinski definition) is 4. The highest BCUT2D eigenvalue weighted by molar-refractivity contribution is 5.98. The van der Waals surface area contributed by atoms with Crippen molar-refractivity contribution in [2.45, 2.75) is 13.0 Å². The molecular weight excluding hydrogens is 248 g/mol. The van der Waals surface area contributed by atoms with E-state index in [0.29, 0.717) is 11.1 Å². The molecule has 0 bridgehead atoms. The van der Waals surface area contributed by atoms with Crippen LogP contribution >= 0.6 is 0 Å². The van der Waals surface area contributed by atoms with Gasteiger partial charge >= 0.3 is 0 Å². The lowest BCUT2D eigenvalue weighted by Crippen LogP contribution is -2.19. The van der Waals surface area contributed by atoms with Crippen LogP contribution in [0.15, 0.2) is 35.9 Å². The summed E-state index contributed by atoms with van der Waals surface area (Å²) in [5, 5.41) is 36.7. The summed E-state index contributed by atoms with van der Waals surface area (Å²) in [6.45, 7) is 1.30. The zero-order valence-electron chi connectivity index (χ0n) is 10.4. The Balaban J connectivity index is 2.78. The summed E-state index contributed by atoms with van der Waals surface area (Å²) in [6, 6.07) is 4.11. The number of benzene rings is 1. The van der Waals surface area contributed by atoms with Crippen molar-refractivity contribution in [3.05, 3.63) is 41.5 Å². The SMILES string of the molecule is CC(=CCO)C(O)C(=O)/C=C/c1ccc(O)c(O)c1. The zero-order chi connectivity index (χ0) is 14.4. The number of aromatic hydroxyl groups is 2. The molecule has 0 radical (unpaired) electrons. The molecule has 0 aliphatic rings. The topological polar surface area (TPSA) is 98.0 Å². The number of aliphatic hydroxyl groups is 2. The van der Waals surface area contributed by atoms with Crippen LogP contribution < -0.4 is 0 Å². The van der Waals surface area contributed by atoms with Crippen LogP contribution in [0.25, 0.3) is 6.08 Å². The van der Waals surface area contributed by atoms with Gasteiger partial charge in [-0.2, -0.15) is 0 Å². The molecule has 5 nitrogen and oxygen atoms in total. The van der Waals surface area contributed by atoms with Crippen molar-refractivity contribution < 1.29 is 25.2 Å². The maximum absolute atomic E-state index is 11.6. The van der Waals surface area contributed by atoms with Gasteiger partial charge in [-0.05, 0) is 36.3 Å². The van der Waals surface area contributed by atoms with Gasteiger partial charge in [-0.3, -0.25) is 4.79 Å². The fourth-order valence-corrected chi connectivity index (χ4v) is 1.39. The van der Waals surface area contributed by atoms with Gasteiger partial charge in [0.1, 0.15) is 6.10 Å². The molecule has 0 aliphatic carbocycles. The molecule has 1 atom stereocenters. The molecule has 0 amide bonds. The van der Waals surface area contributed by atoms with Crippen LogP contribution in [-0.4, -0.2) is 38.9 Å². The second-order valence-electron chi connectivity index (χ2n) is 4.02. The molecule has 1 aromatic carbocycles. The van der Waals surface area contributed by atoms with Crippen LogP contribution in [-0.2, 0) is 4.79 Å². The third kappa shape index (κ3) is 4.24. The van der Waals surface area contributed by atoms with E-state index in [4.69, 9.17) is 10.2 Å². The van der Waals surface area contributed by atoms with Crippen molar-refractivity contribution >= 4 is 11.9 Å². The van der Waals surface area contributed by atoms with Crippen molar-refractivity contribution in [2.75, 3.05) is 6.61 Å². The van der Waals surface area contributed by atoms with Gasteiger partial charge in [0.25, 0.3) is 0 Å². The van der Waals surface area contributed by atoms with E-state index in [1.165, 1.54) is 36.4 Å². The number of carbonyl (C=O) groups excluding carboxylic acids is 1. The number of rotatable bonds is 5.